The third-order valence-corrected chi connectivity index (χ3v) is 6.36. The molecule has 0 radical (unpaired) electrons. The molecule has 0 saturated heterocycles. The van der Waals surface area contributed by atoms with Crippen LogP contribution in [0.25, 0.3) is 0 Å². The zero-order chi connectivity index (χ0) is 17.6. The summed E-state index contributed by atoms with van der Waals surface area (Å²) >= 11 is 0. The van der Waals surface area contributed by atoms with Crippen LogP contribution in [0.1, 0.15) is 37.7 Å². The highest BCUT2D eigenvalue weighted by Gasteiger charge is 2.19. The summed E-state index contributed by atoms with van der Waals surface area (Å²) in [4.78, 5) is 10.3. The van der Waals surface area contributed by atoms with Gasteiger partial charge in [-0.2, -0.15) is 0 Å². The van der Waals surface area contributed by atoms with E-state index in [0.29, 0.717) is 11.0 Å². The van der Waals surface area contributed by atoms with E-state index in [9.17, 15) is 14.3 Å². The predicted octanol–water partition coefficient (Wildman–Crippen LogP) is 4.92. The largest absolute Gasteiger partial charge is 0.356 e. The quantitative estimate of drug-likeness (QED) is 0.587. The number of rotatable bonds is 6. The van der Waals surface area contributed by atoms with E-state index in [1.165, 1.54) is 31.4 Å². The summed E-state index contributed by atoms with van der Waals surface area (Å²) in [5.74, 6) is 0.584. The molecular weight excluding hydrogens is 336 g/mol. The van der Waals surface area contributed by atoms with Crippen molar-refractivity contribution < 1.29 is 9.13 Å². The van der Waals surface area contributed by atoms with Gasteiger partial charge < -0.3 is 5.32 Å². The molecule has 0 spiro atoms. The average molecular weight is 358 g/mol. The number of nitro benzene ring substituents is 1. The first-order chi connectivity index (χ1) is 12.1. The van der Waals surface area contributed by atoms with E-state index >= 15 is 0 Å². The van der Waals surface area contributed by atoms with Gasteiger partial charge >= 0.3 is 0 Å². The van der Waals surface area contributed by atoms with E-state index < -0.39 is 15.7 Å². The van der Waals surface area contributed by atoms with Crippen LogP contribution in [0.15, 0.2) is 48.5 Å². The van der Waals surface area contributed by atoms with Gasteiger partial charge in [-0.15, -0.1) is 0 Å². The minimum absolute atomic E-state index is 0.0715. The van der Waals surface area contributed by atoms with Crippen LogP contribution in [0.4, 0.5) is 17.1 Å². The summed E-state index contributed by atoms with van der Waals surface area (Å²) in [6.45, 7) is 0. The molecule has 0 amide bonds. The van der Waals surface area contributed by atoms with Crippen molar-refractivity contribution in [3.05, 3.63) is 64.2 Å². The van der Waals surface area contributed by atoms with Gasteiger partial charge in [-0.1, -0.05) is 31.4 Å². The van der Waals surface area contributed by atoms with E-state index in [-0.39, 0.29) is 5.69 Å². The summed E-state index contributed by atoms with van der Waals surface area (Å²) < 4.78 is 12.6. The summed E-state index contributed by atoms with van der Waals surface area (Å²) in [5, 5.41) is 14.3. The topological polar surface area (TPSA) is 72.2 Å². The Kier molecular flexibility index (Phi) is 5.81. The molecule has 1 fully saturated rings. The lowest BCUT2D eigenvalue weighted by Crippen LogP contribution is -2.19. The number of hydrogen-bond acceptors (Lipinski definition) is 4. The van der Waals surface area contributed by atoms with E-state index in [1.807, 2.05) is 24.3 Å². The van der Waals surface area contributed by atoms with Crippen LogP contribution >= 0.6 is 0 Å². The number of anilines is 2. The van der Waals surface area contributed by atoms with Crippen molar-refractivity contribution in [1.29, 1.82) is 0 Å². The zero-order valence-corrected chi connectivity index (χ0v) is 14.8. The first-order valence-electron chi connectivity index (χ1n) is 8.59. The van der Waals surface area contributed by atoms with E-state index in [1.54, 1.807) is 12.1 Å². The number of non-ortho nitro benzene ring substituents is 1. The van der Waals surface area contributed by atoms with E-state index in [4.69, 9.17) is 0 Å². The average Bonchev–Trinajstić information content (AvgIpc) is 2.63. The van der Waals surface area contributed by atoms with Gasteiger partial charge in [0.05, 0.1) is 4.92 Å². The van der Waals surface area contributed by atoms with Gasteiger partial charge in [-0.05, 0) is 42.7 Å². The minimum atomic E-state index is -0.823. The molecule has 25 heavy (non-hydrogen) atoms. The fraction of sp³-hybridized carbons (Fsp3) is 0.368. The normalized spacial score (nSPS) is 16.3. The number of benzene rings is 2. The molecule has 1 aliphatic rings. The zero-order valence-electron chi connectivity index (χ0n) is 14.0. The molecule has 0 aromatic heterocycles. The maximum absolute atomic E-state index is 12.6. The minimum Gasteiger partial charge on any atom is -0.356 e. The molecule has 1 unspecified atom stereocenters. The third kappa shape index (κ3) is 4.89. The Hall–Kier alpha value is -2.21. The second kappa shape index (κ2) is 8.25. The van der Waals surface area contributed by atoms with Crippen molar-refractivity contribution in [1.82, 2.24) is 0 Å². The summed E-state index contributed by atoms with van der Waals surface area (Å²) in [5.41, 5.74) is 2.81. The second-order valence-corrected chi connectivity index (χ2v) is 8.13. The summed E-state index contributed by atoms with van der Waals surface area (Å²) in [7, 11) is -0.823. The van der Waals surface area contributed by atoms with Gasteiger partial charge in [0.2, 0.25) is 0 Å². The molecule has 1 aliphatic carbocycles. The Morgan fingerprint density at radius 2 is 1.76 bits per heavy atom. The molecular formula is C19H22N2O3S. The van der Waals surface area contributed by atoms with Crippen molar-refractivity contribution in [3.63, 3.8) is 0 Å². The molecule has 0 heterocycles. The van der Waals surface area contributed by atoms with Crippen LogP contribution in [0, 0.1) is 10.1 Å². The second-order valence-electron chi connectivity index (χ2n) is 6.41. The molecule has 1 saturated carbocycles. The Morgan fingerprint density at radius 3 is 2.44 bits per heavy atom. The van der Waals surface area contributed by atoms with Crippen LogP contribution in [0.2, 0.25) is 0 Å². The molecule has 2 aromatic carbocycles. The van der Waals surface area contributed by atoms with Gasteiger partial charge in [0.15, 0.2) is 0 Å². The molecule has 6 heteroatoms. The highest BCUT2D eigenvalue weighted by molar-refractivity contribution is 7.84. The Bertz CT molecular complexity index is 756. The molecule has 1 atom stereocenters. The molecule has 3 rings (SSSR count). The third-order valence-electron chi connectivity index (χ3n) is 4.53. The van der Waals surface area contributed by atoms with Crippen molar-refractivity contribution in [2.75, 3.05) is 5.32 Å². The Labute approximate surface area is 150 Å². The lowest BCUT2D eigenvalue weighted by Gasteiger charge is -2.21. The molecule has 5 nitrogen and oxygen atoms in total. The van der Waals surface area contributed by atoms with Gasteiger partial charge in [0, 0.05) is 45.3 Å². The Morgan fingerprint density at radius 1 is 1.04 bits per heavy atom. The molecule has 1 N–H and O–H groups in total. The summed E-state index contributed by atoms with van der Waals surface area (Å²) in [6, 6.07) is 14.2. The van der Waals surface area contributed by atoms with Gasteiger partial charge in [-0.25, -0.2) is 0 Å². The number of nitro groups is 1. The smallest absolute Gasteiger partial charge is 0.269 e. The maximum Gasteiger partial charge on any atom is 0.269 e. The lowest BCUT2D eigenvalue weighted by molar-refractivity contribution is -0.384. The SMILES string of the molecule is O=[N+]([O-])c1ccc(Nc2cccc(CS(=O)C3CCCCC3)c2)cc1. The number of hydrogen-bond donors (Lipinski definition) is 1. The maximum atomic E-state index is 12.6. The molecule has 2 aromatic rings. The van der Waals surface area contributed by atoms with Crippen molar-refractivity contribution in [2.45, 2.75) is 43.1 Å². The highest BCUT2D eigenvalue weighted by atomic mass is 32.2. The van der Waals surface area contributed by atoms with Gasteiger partial charge in [0.1, 0.15) is 0 Å². The van der Waals surface area contributed by atoms with Gasteiger partial charge in [-0.3, -0.25) is 14.3 Å². The lowest BCUT2D eigenvalue weighted by atomic mass is 10.0. The Balaban J connectivity index is 1.64. The van der Waals surface area contributed by atoms with Crippen LogP contribution < -0.4 is 5.32 Å². The monoisotopic (exact) mass is 358 g/mol. The van der Waals surface area contributed by atoms with Crippen LogP contribution in [-0.4, -0.2) is 14.4 Å². The molecule has 132 valence electrons. The fourth-order valence-corrected chi connectivity index (χ4v) is 4.79. The number of nitrogens with zero attached hydrogens (tertiary/aromatic N) is 1. The highest BCUT2D eigenvalue weighted by Crippen LogP contribution is 2.25. The number of nitrogens with one attached hydrogen (secondary N) is 1. The molecule has 0 aliphatic heterocycles. The first kappa shape index (κ1) is 17.6. The van der Waals surface area contributed by atoms with Crippen molar-refractivity contribution in [2.24, 2.45) is 0 Å². The van der Waals surface area contributed by atoms with Crippen LogP contribution in [0.5, 0.6) is 0 Å². The summed E-state index contributed by atoms with van der Waals surface area (Å²) in [6.07, 6.45) is 5.80. The van der Waals surface area contributed by atoms with E-state index in [2.05, 4.69) is 5.32 Å². The van der Waals surface area contributed by atoms with Crippen LogP contribution in [0.3, 0.4) is 0 Å². The first-order valence-corrected chi connectivity index (χ1v) is 9.97. The molecule has 0 bridgehead atoms. The van der Waals surface area contributed by atoms with Gasteiger partial charge in [0.25, 0.3) is 5.69 Å². The van der Waals surface area contributed by atoms with E-state index in [0.717, 1.165) is 29.8 Å². The standard InChI is InChI=1S/C19H22N2O3S/c22-21(23)18-11-9-16(10-12-18)20-17-6-4-5-15(13-17)14-25(24)19-7-2-1-3-8-19/h4-6,9-13,19-20H,1-3,7-8,14H2. The van der Waals surface area contributed by atoms with Crippen LogP contribution in [-0.2, 0) is 16.6 Å². The van der Waals surface area contributed by atoms with Crippen molar-refractivity contribution >= 4 is 27.9 Å². The predicted molar refractivity (Wildman–Crippen MR) is 102 cm³/mol. The fourth-order valence-electron chi connectivity index (χ4n) is 3.18. The van der Waals surface area contributed by atoms with Crippen molar-refractivity contribution in [3.8, 4) is 0 Å².